The molecule has 2 saturated carbocycles. The summed E-state index contributed by atoms with van der Waals surface area (Å²) in [5, 5.41) is 14.1. The zero-order valence-electron chi connectivity index (χ0n) is 16.0. The number of nitrogens with zero attached hydrogens (tertiary/aromatic N) is 2. The van der Waals surface area contributed by atoms with Gasteiger partial charge in [0, 0.05) is 29.4 Å². The van der Waals surface area contributed by atoms with Crippen molar-refractivity contribution in [1.82, 2.24) is 20.5 Å². The van der Waals surface area contributed by atoms with Gasteiger partial charge >= 0.3 is 6.09 Å². The molecule has 2 fully saturated rings. The maximum atomic E-state index is 12.4. The number of aromatic nitrogens is 3. The molecule has 3 heterocycles. The van der Waals surface area contributed by atoms with E-state index in [0.717, 1.165) is 75.0 Å². The highest BCUT2D eigenvalue weighted by molar-refractivity contribution is 5.69. The van der Waals surface area contributed by atoms with Gasteiger partial charge in [-0.1, -0.05) is 6.42 Å². The number of anilines is 2. The molecule has 3 aliphatic rings. The number of amides is 1. The van der Waals surface area contributed by atoms with Crippen LogP contribution in [0.3, 0.4) is 0 Å². The lowest BCUT2D eigenvalue weighted by Gasteiger charge is -2.19. The molecule has 1 amide bonds. The minimum atomic E-state index is -0.242. The number of H-pyrrole nitrogens is 1. The summed E-state index contributed by atoms with van der Waals surface area (Å²) in [5.74, 6) is 1.15. The monoisotopic (exact) mass is 381 g/mol. The molecule has 3 N–H and O–H groups in total. The first-order valence-electron chi connectivity index (χ1n) is 10.4. The van der Waals surface area contributed by atoms with Gasteiger partial charge in [-0.3, -0.25) is 10.1 Å². The molecule has 0 aromatic carbocycles. The lowest BCUT2D eigenvalue weighted by molar-refractivity contribution is 0.0954. The average Bonchev–Trinajstić information content (AvgIpc) is 3.05. The number of alkyl carbamates (subject to hydrolysis) is 1. The molecule has 7 heteroatoms. The molecule has 2 aromatic rings. The fraction of sp³-hybridized carbons (Fsp3) is 0.571. The second-order valence-electron chi connectivity index (χ2n) is 8.57. The Kier molecular flexibility index (Phi) is 4.45. The molecule has 1 spiro atoms. The quantitative estimate of drug-likeness (QED) is 0.637. The van der Waals surface area contributed by atoms with Crippen molar-refractivity contribution in [3.63, 3.8) is 0 Å². The van der Waals surface area contributed by atoms with Gasteiger partial charge in [-0.05, 0) is 63.0 Å². The number of fused-ring (bicyclic) bond motifs is 7. The van der Waals surface area contributed by atoms with E-state index in [1.807, 2.05) is 12.4 Å². The Hall–Kier alpha value is -2.57. The first-order chi connectivity index (χ1) is 13.7. The molecule has 2 aliphatic carbocycles. The van der Waals surface area contributed by atoms with Crippen molar-refractivity contribution in [3.8, 4) is 0 Å². The van der Waals surface area contributed by atoms with Crippen LogP contribution in [-0.4, -0.2) is 32.9 Å². The maximum Gasteiger partial charge on any atom is 0.407 e. The molecule has 28 heavy (non-hydrogen) atoms. The standard InChI is InChI=1S/C21H27N5O2/c27-20-24-21(7-8-21)6-2-1-3-14-9-16(13-22-12-14)23-19-11-18(25-26-19)15-4-5-17(10-15)28-20/h9,11-13,15,17H,1-8,10H2,(H,24,27)(H2,23,25,26)/t15-,17+/m0/s1. The van der Waals surface area contributed by atoms with Gasteiger partial charge in [0.05, 0.1) is 11.9 Å². The van der Waals surface area contributed by atoms with Crippen molar-refractivity contribution in [3.05, 3.63) is 35.8 Å². The van der Waals surface area contributed by atoms with Crippen LogP contribution in [0.1, 0.15) is 68.5 Å². The number of carbonyl (C=O) groups excluding carboxylic acids is 1. The minimum absolute atomic E-state index is 0.0136. The van der Waals surface area contributed by atoms with Gasteiger partial charge in [0.1, 0.15) is 6.10 Å². The third-order valence-corrected chi connectivity index (χ3v) is 6.35. The molecule has 2 aromatic heterocycles. The van der Waals surface area contributed by atoms with Crippen LogP contribution in [0.2, 0.25) is 0 Å². The summed E-state index contributed by atoms with van der Waals surface area (Å²) in [6, 6.07) is 4.21. The van der Waals surface area contributed by atoms with Crippen LogP contribution in [0.25, 0.3) is 0 Å². The maximum absolute atomic E-state index is 12.4. The lowest BCUT2D eigenvalue weighted by Crippen LogP contribution is -2.38. The number of carbonyl (C=O) groups is 1. The van der Waals surface area contributed by atoms with Gasteiger partial charge in [-0.2, -0.15) is 5.10 Å². The Morgan fingerprint density at radius 1 is 1.11 bits per heavy atom. The molecule has 0 saturated heterocycles. The van der Waals surface area contributed by atoms with E-state index in [0.29, 0.717) is 5.92 Å². The number of pyridine rings is 1. The Morgan fingerprint density at radius 3 is 2.93 bits per heavy atom. The van der Waals surface area contributed by atoms with E-state index in [2.05, 4.69) is 37.9 Å². The summed E-state index contributed by atoms with van der Waals surface area (Å²) in [4.78, 5) is 16.8. The highest BCUT2D eigenvalue weighted by atomic mass is 16.6. The Bertz CT molecular complexity index is 860. The van der Waals surface area contributed by atoms with Crippen LogP contribution in [0.15, 0.2) is 24.5 Å². The third kappa shape index (κ3) is 3.84. The third-order valence-electron chi connectivity index (χ3n) is 6.35. The van der Waals surface area contributed by atoms with Crippen molar-refractivity contribution in [2.45, 2.75) is 75.3 Å². The van der Waals surface area contributed by atoms with Crippen LogP contribution >= 0.6 is 0 Å². The van der Waals surface area contributed by atoms with Crippen LogP contribution < -0.4 is 10.6 Å². The van der Waals surface area contributed by atoms with Gasteiger partial charge < -0.3 is 15.4 Å². The van der Waals surface area contributed by atoms with E-state index in [9.17, 15) is 4.79 Å². The first-order valence-corrected chi connectivity index (χ1v) is 10.4. The summed E-state index contributed by atoms with van der Waals surface area (Å²) < 4.78 is 5.74. The molecular weight excluding hydrogens is 354 g/mol. The lowest BCUT2D eigenvalue weighted by atomic mass is 10.0. The van der Waals surface area contributed by atoms with E-state index in [1.165, 1.54) is 5.56 Å². The number of ether oxygens (including phenoxy) is 1. The summed E-state index contributed by atoms with van der Waals surface area (Å²) in [6.07, 6.45) is 12.6. The van der Waals surface area contributed by atoms with E-state index in [-0.39, 0.29) is 17.7 Å². The van der Waals surface area contributed by atoms with Crippen LogP contribution in [0.4, 0.5) is 16.3 Å². The van der Waals surface area contributed by atoms with Gasteiger partial charge in [0.25, 0.3) is 0 Å². The van der Waals surface area contributed by atoms with E-state index in [4.69, 9.17) is 4.74 Å². The number of nitrogens with one attached hydrogen (secondary N) is 3. The first kappa shape index (κ1) is 17.5. The SMILES string of the molecule is O=C1NC2(CCCCc3cncc(c3)Nc3cc([nH]n3)[C@H]3CC[C@H](C3)O1)CC2. The molecule has 1 aliphatic heterocycles. The number of hydrogen-bond donors (Lipinski definition) is 3. The molecule has 0 unspecified atom stereocenters. The van der Waals surface area contributed by atoms with Gasteiger partial charge in [0.15, 0.2) is 5.82 Å². The Morgan fingerprint density at radius 2 is 2.04 bits per heavy atom. The molecule has 2 atom stereocenters. The van der Waals surface area contributed by atoms with E-state index < -0.39 is 0 Å². The second-order valence-corrected chi connectivity index (χ2v) is 8.57. The summed E-state index contributed by atoms with van der Waals surface area (Å²) >= 11 is 0. The van der Waals surface area contributed by atoms with Gasteiger partial charge in [-0.15, -0.1) is 0 Å². The molecule has 5 rings (SSSR count). The van der Waals surface area contributed by atoms with Crippen molar-refractivity contribution in [1.29, 1.82) is 0 Å². The Balaban J connectivity index is 1.36. The molecule has 0 radical (unpaired) electrons. The normalized spacial score (nSPS) is 26.5. The van der Waals surface area contributed by atoms with Crippen molar-refractivity contribution < 1.29 is 9.53 Å². The number of hydrogen-bond acceptors (Lipinski definition) is 5. The summed E-state index contributed by atoms with van der Waals surface area (Å²) in [7, 11) is 0. The summed E-state index contributed by atoms with van der Waals surface area (Å²) in [6.45, 7) is 0. The van der Waals surface area contributed by atoms with E-state index >= 15 is 0 Å². The minimum Gasteiger partial charge on any atom is -0.446 e. The van der Waals surface area contributed by atoms with Gasteiger partial charge in [-0.25, -0.2) is 4.79 Å². The van der Waals surface area contributed by atoms with E-state index in [1.54, 1.807) is 0 Å². The zero-order chi connectivity index (χ0) is 19.0. The summed E-state index contributed by atoms with van der Waals surface area (Å²) in [5.41, 5.74) is 3.26. The van der Waals surface area contributed by atoms with Crippen molar-refractivity contribution in [2.75, 3.05) is 5.32 Å². The zero-order valence-corrected chi connectivity index (χ0v) is 16.0. The van der Waals surface area contributed by atoms with Crippen LogP contribution in [-0.2, 0) is 11.2 Å². The fourth-order valence-electron chi connectivity index (χ4n) is 4.56. The predicted molar refractivity (Wildman–Crippen MR) is 106 cm³/mol. The van der Waals surface area contributed by atoms with Crippen molar-refractivity contribution in [2.24, 2.45) is 0 Å². The molecule has 6 bridgehead atoms. The smallest absolute Gasteiger partial charge is 0.407 e. The average molecular weight is 381 g/mol. The number of aryl methyl sites for hydroxylation is 1. The highest BCUT2D eigenvalue weighted by Crippen LogP contribution is 2.41. The predicted octanol–water partition coefficient (Wildman–Crippen LogP) is 4.17. The molecule has 148 valence electrons. The molecule has 7 nitrogen and oxygen atoms in total. The second kappa shape index (κ2) is 7.11. The molecular formula is C21H27N5O2. The van der Waals surface area contributed by atoms with Gasteiger partial charge in [0.2, 0.25) is 0 Å². The highest BCUT2D eigenvalue weighted by Gasteiger charge is 2.44. The number of rotatable bonds is 0. The largest absolute Gasteiger partial charge is 0.446 e. The van der Waals surface area contributed by atoms with Crippen molar-refractivity contribution >= 4 is 17.6 Å². The van der Waals surface area contributed by atoms with Crippen LogP contribution in [0.5, 0.6) is 0 Å². The topological polar surface area (TPSA) is 91.9 Å². The Labute approximate surface area is 164 Å². The number of aromatic amines is 1. The van der Waals surface area contributed by atoms with Crippen LogP contribution in [0, 0.1) is 0 Å². The fourth-order valence-corrected chi connectivity index (χ4v) is 4.56.